The number of nitrogens with zero attached hydrogens (tertiary/aromatic N) is 6. The molecule has 0 unspecified atom stereocenters. The van der Waals surface area contributed by atoms with Crippen LogP contribution in [0, 0.1) is 11.3 Å². The topological polar surface area (TPSA) is 90.6 Å². The lowest BCUT2D eigenvalue weighted by atomic mass is 10.2. The van der Waals surface area contributed by atoms with E-state index in [0.717, 1.165) is 31.7 Å². The third-order valence-electron chi connectivity index (χ3n) is 3.12. The molecule has 7 heteroatoms. The van der Waals surface area contributed by atoms with Gasteiger partial charge in [0.05, 0.1) is 11.9 Å². The van der Waals surface area contributed by atoms with Crippen molar-refractivity contribution in [3.8, 4) is 17.3 Å². The van der Waals surface area contributed by atoms with E-state index in [2.05, 4.69) is 30.4 Å². The Labute approximate surface area is 116 Å². The average Bonchev–Trinajstić information content (AvgIpc) is 2.56. The van der Waals surface area contributed by atoms with Crippen molar-refractivity contribution in [3.05, 3.63) is 30.2 Å². The molecule has 1 fully saturated rings. The summed E-state index contributed by atoms with van der Waals surface area (Å²) in [5.74, 6) is 0.633. The molecule has 0 spiro atoms. The Hall–Kier alpha value is -2.59. The Morgan fingerprint density at radius 2 is 2.05 bits per heavy atom. The second kappa shape index (κ2) is 5.59. The van der Waals surface area contributed by atoms with Gasteiger partial charge < -0.3 is 10.2 Å². The van der Waals surface area contributed by atoms with E-state index in [-0.39, 0.29) is 0 Å². The number of anilines is 1. The summed E-state index contributed by atoms with van der Waals surface area (Å²) in [5.41, 5.74) is 1.93. The van der Waals surface area contributed by atoms with Crippen LogP contribution in [0.5, 0.6) is 0 Å². The third kappa shape index (κ3) is 2.55. The van der Waals surface area contributed by atoms with Gasteiger partial charge >= 0.3 is 0 Å². The summed E-state index contributed by atoms with van der Waals surface area (Å²) < 4.78 is 0. The summed E-state index contributed by atoms with van der Waals surface area (Å²) in [7, 11) is 0. The predicted octanol–water partition coefficient (Wildman–Crippen LogP) is 0.215. The monoisotopic (exact) mass is 267 g/mol. The number of rotatable bonds is 2. The Bertz CT molecular complexity index is 626. The molecule has 1 aliphatic rings. The van der Waals surface area contributed by atoms with Gasteiger partial charge in [0, 0.05) is 37.9 Å². The molecule has 1 aliphatic heterocycles. The van der Waals surface area contributed by atoms with Crippen LogP contribution in [0.25, 0.3) is 11.3 Å². The van der Waals surface area contributed by atoms with E-state index in [1.165, 1.54) is 0 Å². The van der Waals surface area contributed by atoms with Crippen molar-refractivity contribution >= 4 is 5.95 Å². The third-order valence-corrected chi connectivity index (χ3v) is 3.12. The van der Waals surface area contributed by atoms with Crippen molar-refractivity contribution in [1.82, 2.24) is 25.5 Å². The zero-order chi connectivity index (χ0) is 13.8. The Morgan fingerprint density at radius 1 is 1.20 bits per heavy atom. The number of nitrogens with one attached hydrogen (secondary N) is 1. The van der Waals surface area contributed by atoms with Crippen LogP contribution >= 0.6 is 0 Å². The highest BCUT2D eigenvalue weighted by molar-refractivity contribution is 5.58. The van der Waals surface area contributed by atoms with Crippen LogP contribution in [-0.4, -0.2) is 46.3 Å². The van der Waals surface area contributed by atoms with E-state index in [0.29, 0.717) is 17.3 Å². The van der Waals surface area contributed by atoms with Gasteiger partial charge in [-0.2, -0.15) is 10.4 Å². The zero-order valence-corrected chi connectivity index (χ0v) is 10.8. The molecular formula is C13H13N7. The fraction of sp³-hybridized carbons (Fsp3) is 0.308. The van der Waals surface area contributed by atoms with Gasteiger partial charge in [-0.05, 0) is 12.1 Å². The van der Waals surface area contributed by atoms with E-state index in [1.807, 2.05) is 12.1 Å². The minimum Gasteiger partial charge on any atom is -0.337 e. The van der Waals surface area contributed by atoms with Crippen LogP contribution in [0.1, 0.15) is 5.69 Å². The van der Waals surface area contributed by atoms with Crippen molar-refractivity contribution < 1.29 is 0 Å². The maximum Gasteiger partial charge on any atom is 0.245 e. The van der Waals surface area contributed by atoms with Gasteiger partial charge in [-0.15, -0.1) is 5.10 Å². The lowest BCUT2D eigenvalue weighted by Crippen LogP contribution is -2.44. The van der Waals surface area contributed by atoms with E-state index in [1.54, 1.807) is 18.5 Å². The minimum atomic E-state index is 0.387. The van der Waals surface area contributed by atoms with Gasteiger partial charge in [0.2, 0.25) is 5.95 Å². The first kappa shape index (κ1) is 12.4. The summed E-state index contributed by atoms with van der Waals surface area (Å²) >= 11 is 0. The SMILES string of the molecule is N#Cc1ccc(-c2cnnc(N3CCNCC3)n2)cn1. The summed E-state index contributed by atoms with van der Waals surface area (Å²) in [4.78, 5) is 10.7. The maximum absolute atomic E-state index is 8.75. The highest BCUT2D eigenvalue weighted by Gasteiger charge is 2.14. The normalized spacial score (nSPS) is 14.8. The number of aromatic nitrogens is 4. The maximum atomic E-state index is 8.75. The molecule has 1 saturated heterocycles. The summed E-state index contributed by atoms with van der Waals surface area (Å²) in [6, 6.07) is 5.48. The zero-order valence-electron chi connectivity index (χ0n) is 10.8. The number of piperazine rings is 1. The first-order valence-corrected chi connectivity index (χ1v) is 6.39. The fourth-order valence-electron chi connectivity index (χ4n) is 2.04. The van der Waals surface area contributed by atoms with E-state index in [4.69, 9.17) is 5.26 Å². The molecule has 3 rings (SSSR count). The van der Waals surface area contributed by atoms with Crippen molar-refractivity contribution in [1.29, 1.82) is 5.26 Å². The second-order valence-corrected chi connectivity index (χ2v) is 4.42. The van der Waals surface area contributed by atoms with Crippen molar-refractivity contribution in [3.63, 3.8) is 0 Å². The first-order valence-electron chi connectivity index (χ1n) is 6.39. The quantitative estimate of drug-likeness (QED) is 0.832. The van der Waals surface area contributed by atoms with E-state index >= 15 is 0 Å². The summed E-state index contributed by atoms with van der Waals surface area (Å²) in [6.45, 7) is 3.59. The van der Waals surface area contributed by atoms with Crippen LogP contribution in [0.15, 0.2) is 24.5 Å². The first-order chi connectivity index (χ1) is 9.86. The van der Waals surface area contributed by atoms with Crippen LogP contribution in [-0.2, 0) is 0 Å². The summed E-state index contributed by atoms with van der Waals surface area (Å²) in [5, 5.41) is 20.1. The van der Waals surface area contributed by atoms with E-state index in [9.17, 15) is 0 Å². The molecule has 0 radical (unpaired) electrons. The van der Waals surface area contributed by atoms with Gasteiger partial charge in [-0.3, -0.25) is 0 Å². The Balaban J connectivity index is 1.88. The number of hydrogen-bond acceptors (Lipinski definition) is 7. The van der Waals surface area contributed by atoms with Gasteiger partial charge in [0.1, 0.15) is 11.8 Å². The van der Waals surface area contributed by atoms with Gasteiger partial charge in [0.15, 0.2) is 0 Å². The molecule has 0 saturated carbocycles. The van der Waals surface area contributed by atoms with Crippen molar-refractivity contribution in [2.45, 2.75) is 0 Å². The summed E-state index contributed by atoms with van der Waals surface area (Å²) in [6.07, 6.45) is 3.23. The molecule has 100 valence electrons. The molecule has 20 heavy (non-hydrogen) atoms. The molecule has 7 nitrogen and oxygen atoms in total. The van der Waals surface area contributed by atoms with Crippen molar-refractivity contribution in [2.24, 2.45) is 0 Å². The molecule has 0 atom stereocenters. The standard InChI is InChI=1S/C13H13N7/c14-7-11-2-1-10(8-16-11)12-9-17-19-13(18-12)20-5-3-15-4-6-20/h1-2,8-9,15H,3-6H2. The van der Waals surface area contributed by atoms with Crippen LogP contribution in [0.3, 0.4) is 0 Å². The molecular weight excluding hydrogens is 254 g/mol. The number of pyridine rings is 1. The molecule has 0 aromatic carbocycles. The smallest absolute Gasteiger partial charge is 0.245 e. The Kier molecular flexibility index (Phi) is 3.48. The molecule has 0 bridgehead atoms. The second-order valence-electron chi connectivity index (χ2n) is 4.42. The van der Waals surface area contributed by atoms with Crippen LogP contribution in [0.2, 0.25) is 0 Å². The van der Waals surface area contributed by atoms with E-state index < -0.39 is 0 Å². The van der Waals surface area contributed by atoms with Crippen LogP contribution in [0.4, 0.5) is 5.95 Å². The molecule has 2 aromatic heterocycles. The highest BCUT2D eigenvalue weighted by atomic mass is 15.3. The highest BCUT2D eigenvalue weighted by Crippen LogP contribution is 2.17. The fourth-order valence-corrected chi connectivity index (χ4v) is 2.04. The van der Waals surface area contributed by atoms with Gasteiger partial charge in [0.25, 0.3) is 0 Å². The van der Waals surface area contributed by atoms with Crippen LogP contribution < -0.4 is 10.2 Å². The Morgan fingerprint density at radius 3 is 2.75 bits per heavy atom. The lowest BCUT2D eigenvalue weighted by Gasteiger charge is -2.26. The molecule has 2 aromatic rings. The van der Waals surface area contributed by atoms with Crippen molar-refractivity contribution in [2.75, 3.05) is 31.1 Å². The number of hydrogen-bond donors (Lipinski definition) is 1. The number of nitriles is 1. The van der Waals surface area contributed by atoms with Gasteiger partial charge in [-0.1, -0.05) is 0 Å². The largest absolute Gasteiger partial charge is 0.337 e. The molecule has 3 heterocycles. The molecule has 0 aliphatic carbocycles. The predicted molar refractivity (Wildman–Crippen MR) is 72.9 cm³/mol. The molecule has 0 amide bonds. The lowest BCUT2D eigenvalue weighted by molar-refractivity contribution is 0.577. The van der Waals surface area contributed by atoms with Gasteiger partial charge in [-0.25, -0.2) is 9.97 Å². The molecule has 1 N–H and O–H groups in total. The minimum absolute atomic E-state index is 0.387. The average molecular weight is 267 g/mol.